The monoisotopic (exact) mass is 473 g/mol. The van der Waals surface area contributed by atoms with Gasteiger partial charge in [0.15, 0.2) is 0 Å². The predicted octanol–water partition coefficient (Wildman–Crippen LogP) is 3.26. The first-order valence-electron chi connectivity index (χ1n) is 11.3. The van der Waals surface area contributed by atoms with Crippen molar-refractivity contribution in [3.63, 3.8) is 0 Å². The van der Waals surface area contributed by atoms with Crippen molar-refractivity contribution in [2.75, 3.05) is 45.7 Å². The minimum absolute atomic E-state index is 0.0441. The number of carbonyl (C=O) groups is 1. The first-order chi connectivity index (χ1) is 15.9. The fourth-order valence-corrected chi connectivity index (χ4v) is 6.23. The summed E-state index contributed by atoms with van der Waals surface area (Å²) in [5.41, 5.74) is 1.48. The zero-order valence-corrected chi connectivity index (χ0v) is 19.9. The second kappa shape index (κ2) is 10.1. The number of nitrogens with zero attached hydrogens (tertiary/aromatic N) is 2. The Hall–Kier alpha value is -2.62. The minimum Gasteiger partial charge on any atom is -0.497 e. The molecule has 0 spiro atoms. The molecular formula is C24H31N3O5S. The van der Waals surface area contributed by atoms with E-state index in [4.69, 9.17) is 9.47 Å². The molecule has 2 aliphatic heterocycles. The summed E-state index contributed by atoms with van der Waals surface area (Å²) in [6, 6.07) is 12.3. The van der Waals surface area contributed by atoms with Crippen molar-refractivity contribution < 1.29 is 22.7 Å². The molecule has 0 radical (unpaired) electrons. The quantitative estimate of drug-likeness (QED) is 0.633. The number of hydrogen-bond donors (Lipinski definition) is 1. The minimum atomic E-state index is -3.53. The third-order valence-electron chi connectivity index (χ3n) is 6.33. The Morgan fingerprint density at radius 3 is 2.55 bits per heavy atom. The molecule has 0 saturated carbocycles. The van der Waals surface area contributed by atoms with Gasteiger partial charge in [0.05, 0.1) is 25.7 Å². The van der Waals surface area contributed by atoms with E-state index in [1.807, 2.05) is 18.2 Å². The van der Waals surface area contributed by atoms with Crippen LogP contribution in [0.1, 0.15) is 37.3 Å². The number of benzene rings is 2. The molecule has 178 valence electrons. The normalized spacial score (nSPS) is 19.5. The molecule has 1 atom stereocenters. The highest BCUT2D eigenvalue weighted by molar-refractivity contribution is 7.89. The van der Waals surface area contributed by atoms with E-state index in [1.165, 1.54) is 10.4 Å². The average Bonchev–Trinajstić information content (AvgIpc) is 3.51. The van der Waals surface area contributed by atoms with E-state index in [1.54, 1.807) is 32.4 Å². The Labute approximate surface area is 195 Å². The smallest absolute Gasteiger partial charge is 0.243 e. The van der Waals surface area contributed by atoms with Gasteiger partial charge in [-0.05, 0) is 68.6 Å². The summed E-state index contributed by atoms with van der Waals surface area (Å²) in [5, 5.41) is 2.88. The van der Waals surface area contributed by atoms with Crippen LogP contribution in [0.5, 0.6) is 11.5 Å². The van der Waals surface area contributed by atoms with Gasteiger partial charge in [-0.3, -0.25) is 9.69 Å². The molecule has 4 rings (SSSR count). The van der Waals surface area contributed by atoms with Crippen molar-refractivity contribution in [2.24, 2.45) is 0 Å². The van der Waals surface area contributed by atoms with E-state index in [-0.39, 0.29) is 23.4 Å². The Bertz CT molecular complexity index is 1100. The van der Waals surface area contributed by atoms with Crippen molar-refractivity contribution in [3.8, 4) is 11.5 Å². The molecule has 2 aromatic carbocycles. The van der Waals surface area contributed by atoms with Gasteiger partial charge in [-0.1, -0.05) is 6.07 Å². The molecule has 2 fully saturated rings. The maximum atomic E-state index is 12.9. The first-order valence-corrected chi connectivity index (χ1v) is 12.7. The number of ether oxygens (including phenoxy) is 2. The molecular weight excluding hydrogens is 442 g/mol. The van der Waals surface area contributed by atoms with Crippen LogP contribution in [0.25, 0.3) is 0 Å². The SMILES string of the molecule is COc1ccc(OC)c([C@@H]2CCCN2CC(=O)Nc2cccc(S(=O)(=O)N3CCCC3)c2)c1. The highest BCUT2D eigenvalue weighted by atomic mass is 32.2. The number of hydrogen-bond acceptors (Lipinski definition) is 6. The maximum absolute atomic E-state index is 12.9. The van der Waals surface area contributed by atoms with E-state index in [2.05, 4.69) is 10.2 Å². The van der Waals surface area contributed by atoms with Crippen molar-refractivity contribution in [1.29, 1.82) is 0 Å². The number of likely N-dealkylation sites (tertiary alicyclic amines) is 1. The zero-order chi connectivity index (χ0) is 23.4. The largest absolute Gasteiger partial charge is 0.497 e. The van der Waals surface area contributed by atoms with Crippen LogP contribution in [-0.4, -0.2) is 63.9 Å². The molecule has 0 aliphatic carbocycles. The average molecular weight is 474 g/mol. The van der Waals surface area contributed by atoms with E-state index < -0.39 is 10.0 Å². The summed E-state index contributed by atoms with van der Waals surface area (Å²) in [4.78, 5) is 15.2. The molecule has 8 nitrogen and oxygen atoms in total. The van der Waals surface area contributed by atoms with Gasteiger partial charge in [-0.15, -0.1) is 0 Å². The van der Waals surface area contributed by atoms with Crippen LogP contribution in [0.3, 0.4) is 0 Å². The first kappa shape index (κ1) is 23.5. The number of nitrogens with one attached hydrogen (secondary N) is 1. The van der Waals surface area contributed by atoms with E-state index in [0.29, 0.717) is 18.8 Å². The third kappa shape index (κ3) is 5.15. The van der Waals surface area contributed by atoms with E-state index in [9.17, 15) is 13.2 Å². The second-order valence-corrected chi connectivity index (χ2v) is 10.4. The topological polar surface area (TPSA) is 88.2 Å². The predicted molar refractivity (Wildman–Crippen MR) is 126 cm³/mol. The zero-order valence-electron chi connectivity index (χ0n) is 19.1. The van der Waals surface area contributed by atoms with Gasteiger partial charge < -0.3 is 14.8 Å². The number of anilines is 1. The molecule has 1 N–H and O–H groups in total. The Balaban J connectivity index is 1.46. The van der Waals surface area contributed by atoms with Crippen LogP contribution in [0.4, 0.5) is 5.69 Å². The maximum Gasteiger partial charge on any atom is 0.243 e. The summed E-state index contributed by atoms with van der Waals surface area (Å²) < 4.78 is 38.1. The van der Waals surface area contributed by atoms with Gasteiger partial charge in [-0.2, -0.15) is 4.31 Å². The molecule has 2 aliphatic rings. The van der Waals surface area contributed by atoms with Crippen LogP contribution in [0.15, 0.2) is 47.4 Å². The van der Waals surface area contributed by atoms with E-state index >= 15 is 0 Å². The van der Waals surface area contributed by atoms with Gasteiger partial charge in [0.25, 0.3) is 0 Å². The second-order valence-electron chi connectivity index (χ2n) is 8.42. The van der Waals surface area contributed by atoms with Crippen molar-refractivity contribution in [3.05, 3.63) is 48.0 Å². The molecule has 33 heavy (non-hydrogen) atoms. The van der Waals surface area contributed by atoms with Crippen molar-refractivity contribution in [2.45, 2.75) is 36.6 Å². The van der Waals surface area contributed by atoms with Crippen LogP contribution in [0, 0.1) is 0 Å². The summed E-state index contributed by atoms with van der Waals surface area (Å²) in [6.45, 7) is 2.09. The number of carbonyl (C=O) groups excluding carboxylic acids is 1. The summed E-state index contributed by atoms with van der Waals surface area (Å²) in [6.07, 6.45) is 3.65. The number of sulfonamides is 1. The summed E-state index contributed by atoms with van der Waals surface area (Å²) in [5.74, 6) is 1.34. The Kier molecular flexibility index (Phi) is 7.21. The molecule has 2 aromatic rings. The van der Waals surface area contributed by atoms with Gasteiger partial charge >= 0.3 is 0 Å². The van der Waals surface area contributed by atoms with Crippen LogP contribution >= 0.6 is 0 Å². The number of rotatable bonds is 8. The molecule has 0 bridgehead atoms. The fraction of sp³-hybridized carbons (Fsp3) is 0.458. The Morgan fingerprint density at radius 2 is 1.82 bits per heavy atom. The number of methoxy groups -OCH3 is 2. The molecule has 9 heteroatoms. The summed E-state index contributed by atoms with van der Waals surface area (Å²) >= 11 is 0. The summed E-state index contributed by atoms with van der Waals surface area (Å²) in [7, 11) is -0.265. The van der Waals surface area contributed by atoms with Crippen LogP contribution < -0.4 is 14.8 Å². The molecule has 2 heterocycles. The van der Waals surface area contributed by atoms with Gasteiger partial charge in [0.2, 0.25) is 15.9 Å². The third-order valence-corrected chi connectivity index (χ3v) is 8.22. The van der Waals surface area contributed by atoms with Gasteiger partial charge in [0, 0.05) is 30.4 Å². The van der Waals surface area contributed by atoms with Crippen molar-refractivity contribution >= 4 is 21.6 Å². The highest BCUT2D eigenvalue weighted by Gasteiger charge is 2.31. The standard InChI is InChI=1S/C24H31N3O5S/c1-31-19-10-11-23(32-2)21(16-19)22-9-6-12-26(22)17-24(28)25-18-7-5-8-20(15-18)33(29,30)27-13-3-4-14-27/h5,7-8,10-11,15-16,22H,3-4,6,9,12-14,17H2,1-2H3,(H,25,28)/t22-/m0/s1. The number of amides is 1. The lowest BCUT2D eigenvalue weighted by Crippen LogP contribution is -2.33. The van der Waals surface area contributed by atoms with Gasteiger partial charge in [-0.25, -0.2) is 8.42 Å². The van der Waals surface area contributed by atoms with Crippen molar-refractivity contribution in [1.82, 2.24) is 9.21 Å². The molecule has 2 saturated heterocycles. The highest BCUT2D eigenvalue weighted by Crippen LogP contribution is 2.38. The van der Waals surface area contributed by atoms with Gasteiger partial charge in [0.1, 0.15) is 11.5 Å². The lowest BCUT2D eigenvalue weighted by atomic mass is 10.0. The van der Waals surface area contributed by atoms with Crippen LogP contribution in [0.2, 0.25) is 0 Å². The fourth-order valence-electron chi connectivity index (χ4n) is 4.66. The van der Waals surface area contributed by atoms with E-state index in [0.717, 1.165) is 49.3 Å². The lowest BCUT2D eigenvalue weighted by molar-refractivity contribution is -0.117. The molecule has 0 unspecified atom stereocenters. The lowest BCUT2D eigenvalue weighted by Gasteiger charge is -2.26. The van der Waals surface area contributed by atoms with Crippen LogP contribution in [-0.2, 0) is 14.8 Å². The molecule has 0 aromatic heterocycles. The Morgan fingerprint density at radius 1 is 1.03 bits per heavy atom. The molecule has 1 amide bonds.